The van der Waals surface area contributed by atoms with E-state index < -0.39 is 0 Å². The number of fused-ring (bicyclic) bond motifs is 1. The van der Waals surface area contributed by atoms with Gasteiger partial charge in [0, 0.05) is 17.5 Å². The van der Waals surface area contributed by atoms with E-state index in [0.717, 1.165) is 10.9 Å². The van der Waals surface area contributed by atoms with Gasteiger partial charge >= 0.3 is 0 Å². The van der Waals surface area contributed by atoms with E-state index in [1.54, 1.807) is 18.3 Å². The van der Waals surface area contributed by atoms with E-state index in [0.29, 0.717) is 18.5 Å². The molecule has 0 aliphatic carbocycles. The number of hydrogen-bond acceptors (Lipinski definition) is 3. The van der Waals surface area contributed by atoms with Gasteiger partial charge in [-0.3, -0.25) is 9.89 Å². The zero-order valence-corrected chi connectivity index (χ0v) is 11.2. The molecule has 1 aromatic carbocycles. The Hall–Kier alpha value is -1.88. The molecule has 0 saturated carbocycles. The largest absolute Gasteiger partial charge is 0.393 e. The number of amides is 1. The van der Waals surface area contributed by atoms with Crippen molar-refractivity contribution in [2.75, 3.05) is 6.54 Å². The van der Waals surface area contributed by atoms with Crippen LogP contribution in [0.25, 0.3) is 10.9 Å². The van der Waals surface area contributed by atoms with Gasteiger partial charge in [0.05, 0.1) is 17.8 Å². The summed E-state index contributed by atoms with van der Waals surface area (Å²) < 4.78 is 0. The Morgan fingerprint density at radius 3 is 3.00 bits per heavy atom. The van der Waals surface area contributed by atoms with E-state index in [1.165, 1.54) is 0 Å². The van der Waals surface area contributed by atoms with Gasteiger partial charge in [0.15, 0.2) is 0 Å². The van der Waals surface area contributed by atoms with E-state index >= 15 is 0 Å². The van der Waals surface area contributed by atoms with Crippen molar-refractivity contribution < 1.29 is 9.90 Å². The first kappa shape index (κ1) is 13.5. The standard InChI is InChI=1S/C14H19N3O2/c1-9(2)13(18)5-6-15-14(19)10-3-4-12-11(7-10)8-16-17-12/h3-4,7-9,13,18H,5-6H2,1-2H3,(H,15,19)(H,16,17). The molecule has 1 amide bonds. The van der Waals surface area contributed by atoms with Gasteiger partial charge in [0.2, 0.25) is 0 Å². The molecule has 102 valence electrons. The van der Waals surface area contributed by atoms with Crippen molar-refractivity contribution in [2.24, 2.45) is 5.92 Å². The molecule has 1 heterocycles. The molecule has 0 aliphatic heterocycles. The normalized spacial score (nSPS) is 12.8. The molecule has 0 bridgehead atoms. The van der Waals surface area contributed by atoms with Gasteiger partial charge in [-0.05, 0) is 30.5 Å². The number of H-pyrrole nitrogens is 1. The molecule has 0 saturated heterocycles. The summed E-state index contributed by atoms with van der Waals surface area (Å²) in [5, 5.41) is 20.1. The number of aliphatic hydroxyl groups is 1. The van der Waals surface area contributed by atoms with E-state index in [9.17, 15) is 9.90 Å². The molecule has 0 radical (unpaired) electrons. The van der Waals surface area contributed by atoms with Crippen LogP contribution in [0.4, 0.5) is 0 Å². The van der Waals surface area contributed by atoms with Crippen LogP contribution in [0, 0.1) is 5.92 Å². The number of rotatable bonds is 5. The summed E-state index contributed by atoms with van der Waals surface area (Å²) in [5.74, 6) is 0.0817. The number of aliphatic hydroxyl groups excluding tert-OH is 1. The SMILES string of the molecule is CC(C)C(O)CCNC(=O)c1ccc2[nH]ncc2c1. The maximum absolute atomic E-state index is 11.9. The third-order valence-electron chi connectivity index (χ3n) is 3.20. The second-order valence-electron chi connectivity index (χ2n) is 5.03. The lowest BCUT2D eigenvalue weighted by molar-refractivity contribution is 0.0920. The number of aromatic amines is 1. The lowest BCUT2D eigenvalue weighted by atomic mass is 10.0. The van der Waals surface area contributed by atoms with Crippen molar-refractivity contribution in [3.63, 3.8) is 0 Å². The van der Waals surface area contributed by atoms with Crippen LogP contribution in [0.5, 0.6) is 0 Å². The molecular weight excluding hydrogens is 242 g/mol. The predicted octanol–water partition coefficient (Wildman–Crippen LogP) is 1.70. The molecule has 0 spiro atoms. The number of benzene rings is 1. The summed E-state index contributed by atoms with van der Waals surface area (Å²) in [6.45, 7) is 4.39. The number of carbonyl (C=O) groups excluding carboxylic acids is 1. The molecular formula is C14H19N3O2. The number of nitrogens with one attached hydrogen (secondary N) is 2. The van der Waals surface area contributed by atoms with Crippen LogP contribution in [0.15, 0.2) is 24.4 Å². The Kier molecular flexibility index (Phi) is 4.16. The van der Waals surface area contributed by atoms with Crippen LogP contribution in [-0.2, 0) is 0 Å². The van der Waals surface area contributed by atoms with Crippen LogP contribution >= 0.6 is 0 Å². The zero-order valence-electron chi connectivity index (χ0n) is 11.2. The fourth-order valence-electron chi connectivity index (χ4n) is 1.85. The molecule has 0 fully saturated rings. The topological polar surface area (TPSA) is 78.0 Å². The highest BCUT2D eigenvalue weighted by Crippen LogP contribution is 2.12. The second-order valence-corrected chi connectivity index (χ2v) is 5.03. The van der Waals surface area contributed by atoms with Crippen molar-refractivity contribution in [1.29, 1.82) is 0 Å². The molecule has 5 nitrogen and oxygen atoms in total. The van der Waals surface area contributed by atoms with Crippen LogP contribution < -0.4 is 5.32 Å². The summed E-state index contributed by atoms with van der Waals surface area (Å²) in [6, 6.07) is 5.39. The summed E-state index contributed by atoms with van der Waals surface area (Å²) >= 11 is 0. The molecule has 0 aliphatic rings. The smallest absolute Gasteiger partial charge is 0.251 e. The first-order valence-corrected chi connectivity index (χ1v) is 6.47. The molecule has 5 heteroatoms. The minimum atomic E-state index is -0.378. The minimum absolute atomic E-state index is 0.126. The Bertz CT molecular complexity index is 563. The summed E-state index contributed by atoms with van der Waals surface area (Å²) in [6.07, 6.45) is 1.88. The number of carbonyl (C=O) groups is 1. The van der Waals surface area contributed by atoms with Crippen LogP contribution in [-0.4, -0.2) is 33.9 Å². The number of aromatic nitrogens is 2. The average molecular weight is 261 g/mol. The fourth-order valence-corrected chi connectivity index (χ4v) is 1.85. The van der Waals surface area contributed by atoms with Gasteiger partial charge in [0.1, 0.15) is 0 Å². The Morgan fingerprint density at radius 2 is 2.26 bits per heavy atom. The molecule has 19 heavy (non-hydrogen) atoms. The highest BCUT2D eigenvalue weighted by molar-refractivity contribution is 5.97. The zero-order chi connectivity index (χ0) is 13.8. The highest BCUT2D eigenvalue weighted by atomic mass is 16.3. The van der Waals surface area contributed by atoms with Crippen molar-refractivity contribution in [3.05, 3.63) is 30.0 Å². The Morgan fingerprint density at radius 1 is 1.47 bits per heavy atom. The summed E-state index contributed by atoms with van der Waals surface area (Å²) in [4.78, 5) is 11.9. The second kappa shape index (κ2) is 5.84. The van der Waals surface area contributed by atoms with Gasteiger partial charge in [-0.15, -0.1) is 0 Å². The molecule has 3 N–H and O–H groups in total. The van der Waals surface area contributed by atoms with E-state index in [2.05, 4.69) is 15.5 Å². The molecule has 1 aromatic heterocycles. The van der Waals surface area contributed by atoms with E-state index in [1.807, 2.05) is 19.9 Å². The van der Waals surface area contributed by atoms with Gasteiger partial charge in [-0.2, -0.15) is 5.10 Å². The number of nitrogens with zero attached hydrogens (tertiary/aromatic N) is 1. The molecule has 2 aromatic rings. The molecule has 1 unspecified atom stereocenters. The van der Waals surface area contributed by atoms with Gasteiger partial charge < -0.3 is 10.4 Å². The molecule has 2 rings (SSSR count). The van der Waals surface area contributed by atoms with Crippen molar-refractivity contribution in [2.45, 2.75) is 26.4 Å². The number of hydrogen-bond donors (Lipinski definition) is 3. The third-order valence-corrected chi connectivity index (χ3v) is 3.20. The van der Waals surface area contributed by atoms with Crippen LogP contribution in [0.1, 0.15) is 30.6 Å². The van der Waals surface area contributed by atoms with Gasteiger partial charge in [0.25, 0.3) is 5.91 Å². The van der Waals surface area contributed by atoms with Crippen molar-refractivity contribution in [3.8, 4) is 0 Å². The molecule has 1 atom stereocenters. The van der Waals surface area contributed by atoms with Gasteiger partial charge in [-0.1, -0.05) is 13.8 Å². The average Bonchev–Trinajstić information content (AvgIpc) is 2.85. The van der Waals surface area contributed by atoms with Crippen LogP contribution in [0.2, 0.25) is 0 Å². The highest BCUT2D eigenvalue weighted by Gasteiger charge is 2.10. The first-order chi connectivity index (χ1) is 9.08. The maximum Gasteiger partial charge on any atom is 0.251 e. The minimum Gasteiger partial charge on any atom is -0.393 e. The maximum atomic E-state index is 11.9. The van der Waals surface area contributed by atoms with E-state index in [4.69, 9.17) is 0 Å². The predicted molar refractivity (Wildman–Crippen MR) is 73.9 cm³/mol. The van der Waals surface area contributed by atoms with Gasteiger partial charge in [-0.25, -0.2) is 0 Å². The summed E-state index contributed by atoms with van der Waals surface area (Å²) in [7, 11) is 0. The Balaban J connectivity index is 1.92. The van der Waals surface area contributed by atoms with Crippen LogP contribution in [0.3, 0.4) is 0 Å². The monoisotopic (exact) mass is 261 g/mol. The summed E-state index contributed by atoms with van der Waals surface area (Å²) in [5.41, 5.74) is 1.51. The fraction of sp³-hybridized carbons (Fsp3) is 0.429. The lowest BCUT2D eigenvalue weighted by Gasteiger charge is -2.14. The lowest BCUT2D eigenvalue weighted by Crippen LogP contribution is -2.28. The van der Waals surface area contributed by atoms with E-state index in [-0.39, 0.29) is 17.9 Å². The first-order valence-electron chi connectivity index (χ1n) is 6.47. The Labute approximate surface area is 112 Å². The third kappa shape index (κ3) is 3.32. The van der Waals surface area contributed by atoms with Crippen molar-refractivity contribution in [1.82, 2.24) is 15.5 Å². The van der Waals surface area contributed by atoms with Crippen molar-refractivity contribution >= 4 is 16.8 Å². The quantitative estimate of drug-likeness (QED) is 0.766.